The lowest BCUT2D eigenvalue weighted by Crippen LogP contribution is -2.27. The molecule has 1 amide bonds. The van der Waals surface area contributed by atoms with Crippen LogP contribution in [-0.4, -0.2) is 36.5 Å². The van der Waals surface area contributed by atoms with E-state index >= 15 is 0 Å². The molecule has 6 nitrogen and oxygen atoms in total. The number of benzene rings is 2. The smallest absolute Gasteiger partial charge is 0.344 e. The third kappa shape index (κ3) is 5.68. The minimum Gasteiger partial charge on any atom is -0.493 e. The van der Waals surface area contributed by atoms with Crippen molar-refractivity contribution in [3.8, 4) is 11.5 Å². The van der Waals surface area contributed by atoms with Crippen LogP contribution in [0.15, 0.2) is 50.2 Å². The average Bonchev–Trinajstić information content (AvgIpc) is 3.00. The van der Waals surface area contributed by atoms with Crippen molar-refractivity contribution in [3.05, 3.63) is 55.8 Å². The highest BCUT2D eigenvalue weighted by Gasteiger charge is 2.33. The molecule has 1 fully saturated rings. The van der Waals surface area contributed by atoms with E-state index in [1.54, 1.807) is 25.1 Å². The summed E-state index contributed by atoms with van der Waals surface area (Å²) >= 11 is 13.5. The fourth-order valence-corrected chi connectivity index (χ4v) is 5.01. The molecule has 0 aromatic heterocycles. The number of methoxy groups -OCH3 is 1. The Morgan fingerprint density at radius 2 is 2.03 bits per heavy atom. The third-order valence-corrected chi connectivity index (χ3v) is 6.43. The molecule has 3 rings (SSSR count). The van der Waals surface area contributed by atoms with E-state index in [4.69, 9.17) is 26.4 Å². The zero-order chi connectivity index (χ0) is 22.5. The quantitative estimate of drug-likeness (QED) is 0.239. The maximum atomic E-state index is 13.0. The summed E-state index contributed by atoms with van der Waals surface area (Å²) in [6.45, 7) is 1.76. The topological polar surface area (TPSA) is 65.1 Å². The number of ether oxygens (including phenoxy) is 3. The summed E-state index contributed by atoms with van der Waals surface area (Å²) in [5.41, 5.74) is 1.41. The molecule has 0 aliphatic carbocycles. The van der Waals surface area contributed by atoms with Gasteiger partial charge in [-0.05, 0) is 64.8 Å². The maximum absolute atomic E-state index is 13.0. The minimum atomic E-state index is -0.475. The van der Waals surface area contributed by atoms with Gasteiger partial charge in [-0.1, -0.05) is 46.0 Å². The number of nitrogens with zero attached hydrogens (tertiary/aromatic N) is 1. The normalized spacial score (nSPS) is 14.8. The second-order valence-electron chi connectivity index (χ2n) is 6.12. The van der Waals surface area contributed by atoms with Gasteiger partial charge in [-0.3, -0.25) is 9.69 Å². The number of hydrogen-bond acceptors (Lipinski definition) is 7. The lowest BCUT2D eigenvalue weighted by atomic mass is 10.1. The Morgan fingerprint density at radius 1 is 1.26 bits per heavy atom. The minimum absolute atomic E-state index is 0.203. The number of halogens is 2. The van der Waals surface area contributed by atoms with E-state index in [1.807, 2.05) is 24.3 Å². The molecule has 1 heterocycles. The fraction of sp³-hybridized carbons (Fsp3) is 0.190. The first kappa shape index (κ1) is 23.8. The van der Waals surface area contributed by atoms with E-state index in [0.717, 1.165) is 4.47 Å². The molecule has 1 aliphatic rings. The van der Waals surface area contributed by atoms with Gasteiger partial charge in [-0.25, -0.2) is 4.79 Å². The van der Waals surface area contributed by atoms with E-state index in [9.17, 15) is 9.59 Å². The summed E-state index contributed by atoms with van der Waals surface area (Å²) in [6, 6.07) is 10.9. The van der Waals surface area contributed by atoms with Crippen molar-refractivity contribution in [2.24, 2.45) is 0 Å². The van der Waals surface area contributed by atoms with E-state index in [2.05, 4.69) is 31.9 Å². The highest BCUT2D eigenvalue weighted by atomic mass is 79.9. The second kappa shape index (κ2) is 10.6. The van der Waals surface area contributed by atoms with Crippen LogP contribution in [0.2, 0.25) is 0 Å². The maximum Gasteiger partial charge on any atom is 0.344 e. The predicted octanol–water partition coefficient (Wildman–Crippen LogP) is 5.57. The second-order valence-corrected chi connectivity index (χ2v) is 9.57. The van der Waals surface area contributed by atoms with E-state index in [1.165, 1.54) is 23.8 Å². The van der Waals surface area contributed by atoms with Crippen LogP contribution < -0.4 is 14.4 Å². The zero-order valence-electron chi connectivity index (χ0n) is 16.5. The van der Waals surface area contributed by atoms with Crippen LogP contribution >= 0.6 is 55.8 Å². The van der Waals surface area contributed by atoms with Crippen LogP contribution in [0.1, 0.15) is 12.5 Å². The molecule has 31 heavy (non-hydrogen) atoms. The molecular formula is C21H17Br2NO5S2. The lowest BCUT2D eigenvalue weighted by Gasteiger charge is -2.14. The van der Waals surface area contributed by atoms with Gasteiger partial charge in [0.05, 0.1) is 28.8 Å². The van der Waals surface area contributed by atoms with Gasteiger partial charge in [-0.2, -0.15) is 0 Å². The Hall–Kier alpha value is -1.88. The summed E-state index contributed by atoms with van der Waals surface area (Å²) in [7, 11) is 1.50. The van der Waals surface area contributed by atoms with Crippen molar-refractivity contribution in [2.75, 3.05) is 25.2 Å². The predicted molar refractivity (Wildman–Crippen MR) is 133 cm³/mol. The Labute approximate surface area is 206 Å². The van der Waals surface area contributed by atoms with Gasteiger partial charge in [0.1, 0.15) is 0 Å². The SMILES string of the molecule is CCOC(=O)COc1c(Br)cc(/C=C2\SC(=S)N(c3cccc(Br)c3)C2=O)cc1OC. The number of hydrogen-bond donors (Lipinski definition) is 0. The standard InChI is InChI=1S/C21H17Br2NO5S2/c1-3-28-18(25)11-29-19-15(23)7-12(8-16(19)27-2)9-17-20(26)24(21(30)31-17)14-6-4-5-13(22)10-14/h4-10H,3,11H2,1-2H3/b17-9-. The van der Waals surface area contributed by atoms with Crippen LogP contribution in [-0.2, 0) is 14.3 Å². The van der Waals surface area contributed by atoms with Gasteiger partial charge < -0.3 is 14.2 Å². The Balaban J connectivity index is 1.86. The van der Waals surface area contributed by atoms with Gasteiger partial charge in [0.25, 0.3) is 5.91 Å². The summed E-state index contributed by atoms with van der Waals surface area (Å²) in [6.07, 6.45) is 1.74. The summed E-state index contributed by atoms with van der Waals surface area (Å²) < 4.78 is 17.7. The molecular weight excluding hydrogens is 570 g/mol. The Morgan fingerprint density at radius 3 is 2.71 bits per heavy atom. The molecule has 2 aromatic rings. The number of anilines is 1. The van der Waals surface area contributed by atoms with Gasteiger partial charge >= 0.3 is 5.97 Å². The lowest BCUT2D eigenvalue weighted by molar-refractivity contribution is -0.145. The molecule has 162 valence electrons. The Bertz CT molecular complexity index is 1070. The number of amides is 1. The molecule has 0 unspecified atom stereocenters. The number of rotatable bonds is 7. The fourth-order valence-electron chi connectivity index (χ4n) is 2.75. The number of carbonyl (C=O) groups excluding carboxylic acids is 2. The summed E-state index contributed by atoms with van der Waals surface area (Å²) in [5.74, 6) is 0.101. The molecule has 2 aromatic carbocycles. The monoisotopic (exact) mass is 585 g/mol. The number of thioether (sulfide) groups is 1. The number of esters is 1. The zero-order valence-corrected chi connectivity index (χ0v) is 21.3. The molecule has 0 spiro atoms. The first-order valence-corrected chi connectivity index (χ1v) is 11.8. The largest absolute Gasteiger partial charge is 0.493 e. The molecule has 0 bridgehead atoms. The van der Waals surface area contributed by atoms with Crippen molar-refractivity contribution < 1.29 is 23.8 Å². The average molecular weight is 587 g/mol. The molecule has 0 radical (unpaired) electrons. The van der Waals surface area contributed by atoms with Crippen molar-refractivity contribution in [2.45, 2.75) is 6.92 Å². The number of carbonyl (C=O) groups is 2. The van der Waals surface area contributed by atoms with Crippen LogP contribution in [0.25, 0.3) is 6.08 Å². The molecule has 0 N–H and O–H groups in total. The molecule has 1 saturated heterocycles. The Kier molecular flexibility index (Phi) is 8.15. The van der Waals surface area contributed by atoms with Crippen LogP contribution in [0.5, 0.6) is 11.5 Å². The van der Waals surface area contributed by atoms with Crippen molar-refractivity contribution in [1.82, 2.24) is 0 Å². The summed E-state index contributed by atoms with van der Waals surface area (Å²) in [5, 5.41) is 0. The number of thiocarbonyl (C=S) groups is 1. The highest BCUT2D eigenvalue weighted by Crippen LogP contribution is 2.40. The van der Waals surface area contributed by atoms with Crippen LogP contribution in [0.3, 0.4) is 0 Å². The van der Waals surface area contributed by atoms with Gasteiger partial charge in [0.2, 0.25) is 0 Å². The van der Waals surface area contributed by atoms with Crippen molar-refractivity contribution in [1.29, 1.82) is 0 Å². The van der Waals surface area contributed by atoms with E-state index in [-0.39, 0.29) is 19.1 Å². The summed E-state index contributed by atoms with van der Waals surface area (Å²) in [4.78, 5) is 26.6. The molecule has 0 saturated carbocycles. The van der Waals surface area contributed by atoms with Gasteiger partial charge in [0, 0.05) is 4.47 Å². The molecule has 1 aliphatic heterocycles. The molecule has 0 atom stereocenters. The first-order chi connectivity index (χ1) is 14.8. The van der Waals surface area contributed by atoms with Crippen molar-refractivity contribution >= 4 is 83.8 Å². The van der Waals surface area contributed by atoms with E-state index < -0.39 is 5.97 Å². The molecule has 10 heteroatoms. The van der Waals surface area contributed by atoms with Crippen LogP contribution in [0, 0.1) is 0 Å². The van der Waals surface area contributed by atoms with Crippen molar-refractivity contribution in [3.63, 3.8) is 0 Å². The third-order valence-electron chi connectivity index (χ3n) is 4.05. The van der Waals surface area contributed by atoms with Crippen LogP contribution in [0.4, 0.5) is 5.69 Å². The van der Waals surface area contributed by atoms with Gasteiger partial charge in [-0.15, -0.1) is 0 Å². The highest BCUT2D eigenvalue weighted by molar-refractivity contribution is 9.10. The van der Waals surface area contributed by atoms with Gasteiger partial charge in [0.15, 0.2) is 22.4 Å². The van der Waals surface area contributed by atoms with E-state index in [0.29, 0.717) is 36.4 Å². The first-order valence-electron chi connectivity index (χ1n) is 9.03.